The van der Waals surface area contributed by atoms with Crippen molar-refractivity contribution < 1.29 is 9.90 Å². The fourth-order valence-corrected chi connectivity index (χ4v) is 2.59. The minimum absolute atomic E-state index is 0.145. The number of benzene rings is 1. The van der Waals surface area contributed by atoms with E-state index in [1.807, 2.05) is 0 Å². The van der Waals surface area contributed by atoms with E-state index in [2.05, 4.69) is 0 Å². The Morgan fingerprint density at radius 3 is 2.58 bits per heavy atom. The Hall–Kier alpha value is -1.03. The second kappa shape index (κ2) is 5.53. The lowest BCUT2D eigenvalue weighted by atomic mass is 10.1. The van der Waals surface area contributed by atoms with Gasteiger partial charge in [-0.3, -0.25) is 4.79 Å². The summed E-state index contributed by atoms with van der Waals surface area (Å²) in [4.78, 5) is 13.6. The molecular formula is C14H15Cl2NO2. The largest absolute Gasteiger partial charge is 0.388 e. The van der Waals surface area contributed by atoms with E-state index in [-0.39, 0.29) is 5.91 Å². The molecule has 0 aliphatic carbocycles. The van der Waals surface area contributed by atoms with Crippen molar-refractivity contribution in [3.05, 3.63) is 39.9 Å². The van der Waals surface area contributed by atoms with Crippen LogP contribution in [0.25, 0.3) is 6.08 Å². The maximum Gasteiger partial charge on any atom is 0.246 e. The van der Waals surface area contributed by atoms with Crippen molar-refractivity contribution in [2.24, 2.45) is 0 Å². The molecule has 1 N–H and O–H groups in total. The number of halogens is 2. The van der Waals surface area contributed by atoms with E-state index in [0.29, 0.717) is 35.1 Å². The minimum Gasteiger partial charge on any atom is -0.388 e. The topological polar surface area (TPSA) is 40.5 Å². The fraction of sp³-hybridized carbons (Fsp3) is 0.357. The van der Waals surface area contributed by atoms with Gasteiger partial charge in [-0.1, -0.05) is 29.3 Å². The predicted octanol–water partition coefficient (Wildman–Crippen LogP) is 2.99. The smallest absolute Gasteiger partial charge is 0.246 e. The first-order valence-electron chi connectivity index (χ1n) is 6.02. The monoisotopic (exact) mass is 299 g/mol. The summed E-state index contributed by atoms with van der Waals surface area (Å²) in [5.41, 5.74) is -0.156. The Bertz CT molecular complexity index is 506. The summed E-state index contributed by atoms with van der Waals surface area (Å²) in [5.74, 6) is -0.145. The highest BCUT2D eigenvalue weighted by molar-refractivity contribution is 6.37. The van der Waals surface area contributed by atoms with Crippen LogP contribution in [-0.4, -0.2) is 34.6 Å². The van der Waals surface area contributed by atoms with Crippen LogP contribution in [0.1, 0.15) is 18.9 Å². The van der Waals surface area contributed by atoms with Crippen LogP contribution in [0.2, 0.25) is 10.0 Å². The quantitative estimate of drug-likeness (QED) is 0.853. The first-order chi connectivity index (χ1) is 8.89. The van der Waals surface area contributed by atoms with Crippen LogP contribution >= 0.6 is 23.2 Å². The van der Waals surface area contributed by atoms with Crippen molar-refractivity contribution >= 4 is 35.2 Å². The zero-order valence-electron chi connectivity index (χ0n) is 10.6. The summed E-state index contributed by atoms with van der Waals surface area (Å²) >= 11 is 12.0. The molecule has 0 aromatic heterocycles. The Balaban J connectivity index is 2.09. The molecule has 0 radical (unpaired) electrons. The number of rotatable bonds is 2. The van der Waals surface area contributed by atoms with Crippen molar-refractivity contribution in [2.75, 3.05) is 13.1 Å². The summed E-state index contributed by atoms with van der Waals surface area (Å²) < 4.78 is 0. The van der Waals surface area contributed by atoms with E-state index in [1.54, 1.807) is 36.1 Å². The number of carbonyl (C=O) groups is 1. The molecule has 19 heavy (non-hydrogen) atoms. The fourth-order valence-electron chi connectivity index (χ4n) is 2.06. The first-order valence-corrected chi connectivity index (χ1v) is 6.78. The molecule has 1 atom stereocenters. The summed E-state index contributed by atoms with van der Waals surface area (Å²) in [6.07, 6.45) is 3.65. The van der Waals surface area contributed by atoms with Gasteiger partial charge in [0.25, 0.3) is 0 Å². The normalized spacial score (nSPS) is 23.3. The summed E-state index contributed by atoms with van der Waals surface area (Å²) in [6, 6.07) is 5.19. The van der Waals surface area contributed by atoms with Crippen molar-refractivity contribution in [2.45, 2.75) is 18.9 Å². The molecule has 2 rings (SSSR count). The molecule has 1 fully saturated rings. The van der Waals surface area contributed by atoms with Gasteiger partial charge >= 0.3 is 0 Å². The number of nitrogens with zero attached hydrogens (tertiary/aromatic N) is 1. The van der Waals surface area contributed by atoms with Gasteiger partial charge in [0.15, 0.2) is 0 Å². The van der Waals surface area contributed by atoms with Crippen LogP contribution in [-0.2, 0) is 4.79 Å². The third kappa shape index (κ3) is 3.50. The number of likely N-dealkylation sites (tertiary alicyclic amines) is 1. The van der Waals surface area contributed by atoms with Gasteiger partial charge in [-0.2, -0.15) is 0 Å². The molecule has 0 spiro atoms. The molecule has 1 aromatic rings. The number of hydrogen-bond donors (Lipinski definition) is 1. The number of aliphatic hydroxyl groups is 1. The van der Waals surface area contributed by atoms with Gasteiger partial charge in [-0.05, 0) is 31.6 Å². The van der Waals surface area contributed by atoms with Crippen LogP contribution in [0.5, 0.6) is 0 Å². The summed E-state index contributed by atoms with van der Waals surface area (Å²) in [7, 11) is 0. The van der Waals surface area contributed by atoms with Gasteiger partial charge in [-0.25, -0.2) is 0 Å². The van der Waals surface area contributed by atoms with Crippen LogP contribution in [0.3, 0.4) is 0 Å². The standard InChI is InChI=1S/C14H15Cl2NO2/c1-14(19)7-8-17(9-14)13(18)6-5-10-11(15)3-2-4-12(10)16/h2-6,19H,7-9H2,1H3/b6-5+. The molecule has 1 heterocycles. The van der Waals surface area contributed by atoms with E-state index in [9.17, 15) is 9.90 Å². The second-order valence-electron chi connectivity index (χ2n) is 4.98. The molecule has 0 saturated carbocycles. The average molecular weight is 300 g/mol. The maximum absolute atomic E-state index is 12.0. The van der Waals surface area contributed by atoms with Crippen molar-refractivity contribution in [3.8, 4) is 0 Å². The Kier molecular flexibility index (Phi) is 4.19. The number of carbonyl (C=O) groups excluding carboxylic acids is 1. The zero-order valence-corrected chi connectivity index (χ0v) is 12.1. The molecule has 1 amide bonds. The number of amides is 1. The maximum atomic E-state index is 12.0. The molecular weight excluding hydrogens is 285 g/mol. The van der Waals surface area contributed by atoms with Gasteiger partial charge < -0.3 is 10.0 Å². The second-order valence-corrected chi connectivity index (χ2v) is 5.79. The van der Waals surface area contributed by atoms with Crippen LogP contribution in [0.15, 0.2) is 24.3 Å². The van der Waals surface area contributed by atoms with E-state index in [1.165, 1.54) is 6.08 Å². The van der Waals surface area contributed by atoms with Crippen molar-refractivity contribution in [1.82, 2.24) is 4.90 Å². The highest BCUT2D eigenvalue weighted by atomic mass is 35.5. The summed E-state index contributed by atoms with van der Waals surface area (Å²) in [6.45, 7) is 2.65. The number of hydrogen-bond acceptors (Lipinski definition) is 2. The molecule has 3 nitrogen and oxygen atoms in total. The third-order valence-electron chi connectivity index (χ3n) is 3.16. The van der Waals surface area contributed by atoms with Gasteiger partial charge in [0.2, 0.25) is 5.91 Å². The lowest BCUT2D eigenvalue weighted by Crippen LogP contribution is -2.32. The lowest BCUT2D eigenvalue weighted by molar-refractivity contribution is -0.125. The van der Waals surface area contributed by atoms with Gasteiger partial charge in [-0.15, -0.1) is 0 Å². The minimum atomic E-state index is -0.786. The Morgan fingerprint density at radius 1 is 1.42 bits per heavy atom. The lowest BCUT2D eigenvalue weighted by Gasteiger charge is -2.17. The molecule has 1 aliphatic rings. The number of β-amino-alcohol motifs (C(OH)–C–C–N with tert-alkyl or cyclic N) is 1. The van der Waals surface area contributed by atoms with Gasteiger partial charge in [0.05, 0.1) is 5.60 Å². The molecule has 0 bridgehead atoms. The van der Waals surface area contributed by atoms with Crippen LogP contribution < -0.4 is 0 Å². The SMILES string of the molecule is CC1(O)CCN(C(=O)/C=C/c2c(Cl)cccc2Cl)C1. The molecule has 1 saturated heterocycles. The highest BCUT2D eigenvalue weighted by Gasteiger charge is 2.32. The Morgan fingerprint density at radius 2 is 2.05 bits per heavy atom. The van der Waals surface area contributed by atoms with Gasteiger partial charge in [0, 0.05) is 34.8 Å². The predicted molar refractivity (Wildman–Crippen MR) is 77.3 cm³/mol. The average Bonchev–Trinajstić information content (AvgIpc) is 2.69. The van der Waals surface area contributed by atoms with E-state index in [4.69, 9.17) is 23.2 Å². The molecule has 1 aliphatic heterocycles. The zero-order chi connectivity index (χ0) is 14.0. The molecule has 1 unspecified atom stereocenters. The van der Waals surface area contributed by atoms with E-state index in [0.717, 1.165) is 0 Å². The van der Waals surface area contributed by atoms with E-state index < -0.39 is 5.60 Å². The first kappa shape index (κ1) is 14.4. The van der Waals surface area contributed by atoms with Gasteiger partial charge in [0.1, 0.15) is 0 Å². The molecule has 5 heteroatoms. The van der Waals surface area contributed by atoms with Crippen LogP contribution in [0, 0.1) is 0 Å². The summed E-state index contributed by atoms with van der Waals surface area (Å²) in [5, 5.41) is 10.8. The third-order valence-corrected chi connectivity index (χ3v) is 3.81. The molecule has 102 valence electrons. The van der Waals surface area contributed by atoms with Crippen molar-refractivity contribution in [1.29, 1.82) is 0 Å². The highest BCUT2D eigenvalue weighted by Crippen LogP contribution is 2.26. The molecule has 1 aromatic carbocycles. The van der Waals surface area contributed by atoms with Crippen molar-refractivity contribution in [3.63, 3.8) is 0 Å². The van der Waals surface area contributed by atoms with E-state index >= 15 is 0 Å². The Labute approximate surface area is 122 Å². The van der Waals surface area contributed by atoms with Crippen LogP contribution in [0.4, 0.5) is 0 Å².